The Balaban J connectivity index is 0.000000620. The van der Waals surface area contributed by atoms with Gasteiger partial charge in [0.15, 0.2) is 5.88 Å². The molecule has 2 unspecified atom stereocenters. The van der Waals surface area contributed by atoms with Crippen molar-refractivity contribution >= 4 is 17.7 Å². The summed E-state index contributed by atoms with van der Waals surface area (Å²) in [7, 11) is 1.65. The Morgan fingerprint density at radius 1 is 1.12 bits per heavy atom. The second kappa shape index (κ2) is 13.5. The van der Waals surface area contributed by atoms with Gasteiger partial charge in [0.1, 0.15) is 11.4 Å². The number of carbonyl (C=O) groups excluding carboxylic acids is 2. The maximum Gasteiger partial charge on any atom is 0.303 e. The lowest BCUT2D eigenvalue weighted by molar-refractivity contribution is -0.151. The molecule has 0 bridgehead atoms. The Morgan fingerprint density at radius 3 is 2.15 bits per heavy atom. The fourth-order valence-corrected chi connectivity index (χ4v) is 3.87. The summed E-state index contributed by atoms with van der Waals surface area (Å²) in [6, 6.07) is 0.0886. The highest BCUT2D eigenvalue weighted by Crippen LogP contribution is 2.37. The monoisotopic (exact) mass is 477 g/mol. The zero-order valence-corrected chi connectivity index (χ0v) is 22.7. The van der Waals surface area contributed by atoms with Crippen molar-refractivity contribution in [3.63, 3.8) is 0 Å². The second-order valence-corrected chi connectivity index (χ2v) is 11.2. The molecular formula is C27H47N3O4. The minimum absolute atomic E-state index is 0.0439. The summed E-state index contributed by atoms with van der Waals surface area (Å²) < 4.78 is 10.1. The van der Waals surface area contributed by atoms with Crippen molar-refractivity contribution < 1.29 is 19.1 Å². The maximum atomic E-state index is 12.8. The summed E-state index contributed by atoms with van der Waals surface area (Å²) in [5.41, 5.74) is 6.85. The smallest absolute Gasteiger partial charge is 0.303 e. The number of allylic oxidation sites excluding steroid dienone is 2. The summed E-state index contributed by atoms with van der Waals surface area (Å²) in [5, 5.41) is 3.37. The Hall–Kier alpha value is -2.31. The van der Waals surface area contributed by atoms with Gasteiger partial charge in [-0.2, -0.15) is 4.99 Å². The number of amides is 1. The highest BCUT2D eigenvalue weighted by atomic mass is 16.6. The van der Waals surface area contributed by atoms with E-state index in [9.17, 15) is 9.59 Å². The van der Waals surface area contributed by atoms with Gasteiger partial charge in [-0.3, -0.25) is 9.59 Å². The van der Waals surface area contributed by atoms with E-state index >= 15 is 0 Å². The van der Waals surface area contributed by atoms with Gasteiger partial charge in [0, 0.05) is 18.4 Å². The van der Waals surface area contributed by atoms with Crippen LogP contribution in [0.5, 0.6) is 0 Å². The number of rotatable bonds is 9. The largest absolute Gasteiger partial charge is 0.483 e. The summed E-state index contributed by atoms with van der Waals surface area (Å²) in [4.78, 5) is 27.4. The first-order chi connectivity index (χ1) is 15.7. The van der Waals surface area contributed by atoms with Crippen LogP contribution in [0.1, 0.15) is 87.5 Å². The van der Waals surface area contributed by atoms with Gasteiger partial charge in [0.05, 0.1) is 13.2 Å². The molecule has 3 N–H and O–H groups in total. The van der Waals surface area contributed by atoms with Gasteiger partial charge in [0.25, 0.3) is 5.91 Å². The molecule has 0 aromatic rings. The van der Waals surface area contributed by atoms with E-state index in [4.69, 9.17) is 15.2 Å². The van der Waals surface area contributed by atoms with Gasteiger partial charge < -0.3 is 20.5 Å². The molecule has 1 saturated carbocycles. The first-order valence-corrected chi connectivity index (χ1v) is 12.5. The Morgan fingerprint density at radius 2 is 1.74 bits per heavy atom. The van der Waals surface area contributed by atoms with Crippen LogP contribution in [0.2, 0.25) is 0 Å². The van der Waals surface area contributed by atoms with E-state index in [1.807, 2.05) is 32.9 Å². The molecule has 0 radical (unpaired) electrons. The molecule has 7 heteroatoms. The Labute approximate surface area is 206 Å². The third-order valence-corrected chi connectivity index (χ3v) is 5.53. The zero-order valence-electron chi connectivity index (χ0n) is 22.7. The predicted molar refractivity (Wildman–Crippen MR) is 138 cm³/mol. The average Bonchev–Trinajstić information content (AvgIpc) is 3.54. The van der Waals surface area contributed by atoms with Crippen molar-refractivity contribution in [3.05, 3.63) is 23.6 Å². The average molecular weight is 478 g/mol. The van der Waals surface area contributed by atoms with Crippen molar-refractivity contribution in [2.24, 2.45) is 34.4 Å². The van der Waals surface area contributed by atoms with Crippen LogP contribution < -0.4 is 11.1 Å². The minimum Gasteiger partial charge on any atom is -0.483 e. The number of carbonyl (C=O) groups is 2. The molecule has 7 nitrogen and oxygen atoms in total. The Kier molecular flexibility index (Phi) is 11.8. The molecule has 1 heterocycles. The number of aliphatic imine (C=N–C) groups is 1. The molecule has 0 aromatic heterocycles. The number of nitrogens with one attached hydrogen (secondary N) is 1. The molecule has 1 amide bonds. The molecule has 194 valence electrons. The van der Waals surface area contributed by atoms with Gasteiger partial charge in [-0.15, -0.1) is 0 Å². The normalized spacial score (nSPS) is 19.4. The third-order valence-electron chi connectivity index (χ3n) is 5.53. The lowest BCUT2D eigenvalue weighted by Crippen LogP contribution is -2.40. The van der Waals surface area contributed by atoms with Gasteiger partial charge in [0.2, 0.25) is 0 Å². The first-order valence-electron chi connectivity index (χ1n) is 12.5. The standard InChI is InChI=1S/C21H35N3O2.C6H12O2/c1-13(2)6-7-16(12-14(3)4)21(25)24-20(22)17-10-11-18(26-5)23-19(17)15-8-9-15;1-5(7)8-6(2,3)4/h10-11,13-16,19,23H,6-9,12H2,1-5H3,(H2,22,24,25);1-4H3. The highest BCUT2D eigenvalue weighted by Gasteiger charge is 2.37. The number of amidine groups is 1. The van der Waals surface area contributed by atoms with Crippen molar-refractivity contribution in [2.45, 2.75) is 99.1 Å². The first kappa shape index (κ1) is 29.7. The molecule has 0 aromatic carbocycles. The van der Waals surface area contributed by atoms with Crippen LogP contribution in [-0.4, -0.2) is 36.5 Å². The number of methoxy groups -OCH3 is 1. The van der Waals surface area contributed by atoms with E-state index in [2.05, 4.69) is 38.0 Å². The quantitative estimate of drug-likeness (QED) is 0.272. The van der Waals surface area contributed by atoms with Crippen LogP contribution in [0.15, 0.2) is 28.6 Å². The number of ether oxygens (including phenoxy) is 2. The fourth-order valence-electron chi connectivity index (χ4n) is 3.87. The summed E-state index contributed by atoms with van der Waals surface area (Å²) in [5.74, 6) is 2.33. The molecule has 1 fully saturated rings. The summed E-state index contributed by atoms with van der Waals surface area (Å²) >= 11 is 0. The second-order valence-electron chi connectivity index (χ2n) is 11.2. The predicted octanol–water partition coefficient (Wildman–Crippen LogP) is 5.11. The van der Waals surface area contributed by atoms with Crippen molar-refractivity contribution in [2.75, 3.05) is 7.11 Å². The number of esters is 1. The number of nitrogens with two attached hydrogens (primary N) is 1. The summed E-state index contributed by atoms with van der Waals surface area (Å²) in [6.45, 7) is 15.6. The van der Waals surface area contributed by atoms with E-state index in [0.29, 0.717) is 23.6 Å². The third kappa shape index (κ3) is 11.7. The molecule has 1 aliphatic carbocycles. The zero-order chi connectivity index (χ0) is 26.1. The highest BCUT2D eigenvalue weighted by molar-refractivity contribution is 6.05. The fraction of sp³-hybridized carbons (Fsp3) is 0.741. The molecule has 2 atom stereocenters. The number of nitrogens with zero attached hydrogens (tertiary/aromatic N) is 1. The molecule has 34 heavy (non-hydrogen) atoms. The van der Waals surface area contributed by atoms with Crippen LogP contribution >= 0.6 is 0 Å². The van der Waals surface area contributed by atoms with Gasteiger partial charge in [-0.25, -0.2) is 0 Å². The minimum atomic E-state index is -0.328. The van der Waals surface area contributed by atoms with Crippen LogP contribution in [0.3, 0.4) is 0 Å². The van der Waals surface area contributed by atoms with E-state index in [1.165, 1.54) is 6.92 Å². The molecule has 2 rings (SSSR count). The van der Waals surface area contributed by atoms with E-state index < -0.39 is 0 Å². The molecular weight excluding hydrogens is 430 g/mol. The number of hydrogen-bond donors (Lipinski definition) is 2. The van der Waals surface area contributed by atoms with Crippen LogP contribution in [0.4, 0.5) is 0 Å². The SMILES string of the molecule is CC(=O)OC(C)(C)C.COC1=CC=C(C(N)=NC(=O)C(CCC(C)C)CC(C)C)C(C2CC2)N1. The van der Waals surface area contributed by atoms with Crippen molar-refractivity contribution in [3.8, 4) is 0 Å². The van der Waals surface area contributed by atoms with E-state index in [-0.39, 0.29) is 29.4 Å². The van der Waals surface area contributed by atoms with Crippen molar-refractivity contribution in [1.82, 2.24) is 5.32 Å². The topological polar surface area (TPSA) is 103 Å². The van der Waals surface area contributed by atoms with Gasteiger partial charge >= 0.3 is 5.97 Å². The van der Waals surface area contributed by atoms with Crippen LogP contribution in [0, 0.1) is 23.7 Å². The maximum absolute atomic E-state index is 12.8. The van der Waals surface area contributed by atoms with Crippen LogP contribution in [0.25, 0.3) is 0 Å². The van der Waals surface area contributed by atoms with Crippen LogP contribution in [-0.2, 0) is 19.1 Å². The molecule has 0 saturated heterocycles. The number of hydrogen-bond acceptors (Lipinski definition) is 5. The molecule has 1 aliphatic heterocycles. The van der Waals surface area contributed by atoms with E-state index in [0.717, 1.165) is 43.6 Å². The van der Waals surface area contributed by atoms with Gasteiger partial charge in [-0.05, 0) is 76.4 Å². The van der Waals surface area contributed by atoms with E-state index in [1.54, 1.807) is 7.11 Å². The Bertz CT molecular complexity index is 771. The lowest BCUT2D eigenvalue weighted by atomic mass is 9.89. The molecule has 2 aliphatic rings. The lowest BCUT2D eigenvalue weighted by Gasteiger charge is -2.26. The molecule has 0 spiro atoms. The number of dihydropyridines is 1. The van der Waals surface area contributed by atoms with Gasteiger partial charge in [-0.1, -0.05) is 34.1 Å². The summed E-state index contributed by atoms with van der Waals surface area (Å²) in [6.07, 6.45) is 8.89. The van der Waals surface area contributed by atoms with Crippen molar-refractivity contribution in [1.29, 1.82) is 0 Å².